The summed E-state index contributed by atoms with van der Waals surface area (Å²) < 4.78 is 39.8. The largest absolute Gasteiger partial charge is 0.399 e. The molecule has 21 heavy (non-hydrogen) atoms. The van der Waals surface area contributed by atoms with Crippen molar-refractivity contribution >= 4 is 15.7 Å². The van der Waals surface area contributed by atoms with Crippen LogP contribution in [0, 0.1) is 12.7 Å². The summed E-state index contributed by atoms with van der Waals surface area (Å²) in [5.41, 5.74) is 7.61. The second kappa shape index (κ2) is 5.83. The number of benzene rings is 2. The summed E-state index contributed by atoms with van der Waals surface area (Å²) >= 11 is 0. The van der Waals surface area contributed by atoms with E-state index in [1.807, 2.05) is 31.2 Å². The lowest BCUT2D eigenvalue weighted by atomic mass is 10.1. The molecule has 0 bridgehead atoms. The van der Waals surface area contributed by atoms with Gasteiger partial charge in [0.05, 0.1) is 0 Å². The maximum atomic E-state index is 13.8. The van der Waals surface area contributed by atoms with E-state index in [0.29, 0.717) is 0 Å². The van der Waals surface area contributed by atoms with E-state index < -0.39 is 20.7 Å². The number of halogens is 1. The standard InChI is InChI=1S/C15H17FN2O2S/c1-11-5-3-4-6-12(11)10-18(2)21(19,20)15-9-13(17)7-8-14(15)16/h3-9H,10,17H2,1-2H3. The summed E-state index contributed by atoms with van der Waals surface area (Å²) in [7, 11) is -2.51. The van der Waals surface area contributed by atoms with Crippen LogP contribution in [0.5, 0.6) is 0 Å². The molecule has 0 spiro atoms. The van der Waals surface area contributed by atoms with Crippen molar-refractivity contribution in [3.8, 4) is 0 Å². The maximum Gasteiger partial charge on any atom is 0.246 e. The third-order valence-electron chi connectivity index (χ3n) is 3.30. The smallest absolute Gasteiger partial charge is 0.246 e. The van der Waals surface area contributed by atoms with Crippen LogP contribution in [0.15, 0.2) is 47.4 Å². The fourth-order valence-corrected chi connectivity index (χ4v) is 3.24. The first-order valence-electron chi connectivity index (χ1n) is 6.38. The van der Waals surface area contributed by atoms with Crippen molar-refractivity contribution in [2.24, 2.45) is 0 Å². The number of rotatable bonds is 4. The van der Waals surface area contributed by atoms with Crippen molar-refractivity contribution in [1.29, 1.82) is 0 Å². The predicted molar refractivity (Wildman–Crippen MR) is 80.6 cm³/mol. The Bertz CT molecular complexity index is 760. The summed E-state index contributed by atoms with van der Waals surface area (Å²) in [4.78, 5) is -0.404. The number of sulfonamides is 1. The molecule has 0 fully saturated rings. The van der Waals surface area contributed by atoms with Gasteiger partial charge >= 0.3 is 0 Å². The van der Waals surface area contributed by atoms with Crippen molar-refractivity contribution in [2.75, 3.05) is 12.8 Å². The zero-order chi connectivity index (χ0) is 15.6. The Labute approximate surface area is 124 Å². The minimum absolute atomic E-state index is 0.170. The van der Waals surface area contributed by atoms with Gasteiger partial charge in [-0.2, -0.15) is 4.31 Å². The first-order chi connectivity index (χ1) is 9.82. The lowest BCUT2D eigenvalue weighted by Gasteiger charge is -2.19. The van der Waals surface area contributed by atoms with E-state index in [-0.39, 0.29) is 12.2 Å². The Hall–Kier alpha value is -1.92. The van der Waals surface area contributed by atoms with Crippen LogP contribution in [0.2, 0.25) is 0 Å². The molecule has 0 saturated carbocycles. The Morgan fingerprint density at radius 2 is 1.86 bits per heavy atom. The molecule has 0 unspecified atom stereocenters. The zero-order valence-electron chi connectivity index (χ0n) is 11.9. The van der Waals surface area contributed by atoms with Crippen LogP contribution in [0.1, 0.15) is 11.1 Å². The average Bonchev–Trinajstić information content (AvgIpc) is 2.43. The first-order valence-corrected chi connectivity index (χ1v) is 7.82. The molecule has 0 atom stereocenters. The van der Waals surface area contributed by atoms with Crippen molar-refractivity contribution < 1.29 is 12.8 Å². The molecule has 0 aliphatic heterocycles. The number of nitrogens with two attached hydrogens (primary N) is 1. The molecule has 0 amide bonds. The van der Waals surface area contributed by atoms with Crippen LogP contribution in [0.3, 0.4) is 0 Å². The average molecular weight is 308 g/mol. The monoisotopic (exact) mass is 308 g/mol. The van der Waals surface area contributed by atoms with Crippen LogP contribution >= 0.6 is 0 Å². The van der Waals surface area contributed by atoms with E-state index in [1.54, 1.807) is 0 Å². The van der Waals surface area contributed by atoms with Gasteiger partial charge in [-0.05, 0) is 36.2 Å². The number of nitrogen functional groups attached to an aromatic ring is 1. The number of hydrogen-bond donors (Lipinski definition) is 1. The molecule has 6 heteroatoms. The van der Waals surface area contributed by atoms with Gasteiger partial charge in [-0.15, -0.1) is 0 Å². The number of aryl methyl sites for hydroxylation is 1. The highest BCUT2D eigenvalue weighted by Crippen LogP contribution is 2.22. The normalized spacial score (nSPS) is 11.8. The van der Waals surface area contributed by atoms with E-state index >= 15 is 0 Å². The topological polar surface area (TPSA) is 63.4 Å². The molecule has 0 saturated heterocycles. The summed E-state index contributed by atoms with van der Waals surface area (Å²) in [6, 6.07) is 11.0. The minimum atomic E-state index is -3.93. The lowest BCUT2D eigenvalue weighted by molar-refractivity contribution is 0.459. The van der Waals surface area contributed by atoms with Crippen molar-refractivity contribution in [1.82, 2.24) is 4.31 Å². The molecule has 2 aromatic carbocycles. The lowest BCUT2D eigenvalue weighted by Crippen LogP contribution is -2.27. The summed E-state index contributed by atoms with van der Waals surface area (Å²) in [6.07, 6.45) is 0. The molecular formula is C15H17FN2O2S. The molecular weight excluding hydrogens is 291 g/mol. The Balaban J connectivity index is 2.35. The van der Waals surface area contributed by atoms with Gasteiger partial charge in [-0.1, -0.05) is 24.3 Å². The first kappa shape index (κ1) is 15.5. The molecule has 2 rings (SSSR count). The van der Waals surface area contributed by atoms with Crippen molar-refractivity contribution in [2.45, 2.75) is 18.4 Å². The molecule has 2 N–H and O–H groups in total. The molecule has 112 valence electrons. The second-order valence-electron chi connectivity index (χ2n) is 4.88. The Morgan fingerprint density at radius 1 is 1.19 bits per heavy atom. The van der Waals surface area contributed by atoms with Crippen LogP contribution < -0.4 is 5.73 Å². The number of nitrogens with zero attached hydrogens (tertiary/aromatic N) is 1. The third-order valence-corrected chi connectivity index (χ3v) is 5.12. The molecule has 0 aliphatic carbocycles. The highest BCUT2D eigenvalue weighted by molar-refractivity contribution is 7.89. The number of hydrogen-bond acceptors (Lipinski definition) is 3. The van der Waals surface area contributed by atoms with Gasteiger partial charge in [0.25, 0.3) is 0 Å². The van der Waals surface area contributed by atoms with E-state index in [9.17, 15) is 12.8 Å². The molecule has 2 aromatic rings. The van der Waals surface area contributed by atoms with Gasteiger partial charge < -0.3 is 5.73 Å². The minimum Gasteiger partial charge on any atom is -0.399 e. The van der Waals surface area contributed by atoms with E-state index in [4.69, 9.17) is 5.73 Å². The fraction of sp³-hybridized carbons (Fsp3) is 0.200. The van der Waals surface area contributed by atoms with Gasteiger partial charge in [0, 0.05) is 19.3 Å². The van der Waals surface area contributed by atoms with Crippen molar-refractivity contribution in [3.05, 3.63) is 59.4 Å². The molecule has 0 aromatic heterocycles. The Kier molecular flexibility index (Phi) is 4.29. The van der Waals surface area contributed by atoms with Crippen molar-refractivity contribution in [3.63, 3.8) is 0 Å². The van der Waals surface area contributed by atoms with Crippen LogP contribution in [0.4, 0.5) is 10.1 Å². The highest BCUT2D eigenvalue weighted by Gasteiger charge is 2.25. The molecule has 0 aliphatic rings. The Morgan fingerprint density at radius 3 is 2.52 bits per heavy atom. The van der Waals surface area contributed by atoms with Crippen LogP contribution in [-0.2, 0) is 16.6 Å². The van der Waals surface area contributed by atoms with E-state index in [2.05, 4.69) is 0 Å². The van der Waals surface area contributed by atoms with Gasteiger partial charge in [-0.3, -0.25) is 0 Å². The molecule has 4 nitrogen and oxygen atoms in total. The van der Waals surface area contributed by atoms with Gasteiger partial charge in [-0.25, -0.2) is 12.8 Å². The highest BCUT2D eigenvalue weighted by atomic mass is 32.2. The summed E-state index contributed by atoms with van der Waals surface area (Å²) in [5.74, 6) is -0.805. The fourth-order valence-electron chi connectivity index (χ4n) is 2.00. The second-order valence-corrected chi connectivity index (χ2v) is 6.89. The maximum absolute atomic E-state index is 13.8. The SMILES string of the molecule is Cc1ccccc1CN(C)S(=O)(=O)c1cc(N)ccc1F. The third kappa shape index (κ3) is 3.22. The van der Waals surface area contributed by atoms with E-state index in [0.717, 1.165) is 27.6 Å². The quantitative estimate of drug-likeness (QED) is 0.883. The van der Waals surface area contributed by atoms with Crippen LogP contribution in [-0.4, -0.2) is 19.8 Å². The molecule has 0 radical (unpaired) electrons. The van der Waals surface area contributed by atoms with Gasteiger partial charge in [0.15, 0.2) is 0 Å². The van der Waals surface area contributed by atoms with E-state index in [1.165, 1.54) is 13.1 Å². The van der Waals surface area contributed by atoms with Gasteiger partial charge in [0.2, 0.25) is 10.0 Å². The summed E-state index contributed by atoms with van der Waals surface area (Å²) in [5, 5.41) is 0. The number of anilines is 1. The molecule has 0 heterocycles. The van der Waals surface area contributed by atoms with Gasteiger partial charge in [0.1, 0.15) is 10.7 Å². The zero-order valence-corrected chi connectivity index (χ0v) is 12.7. The predicted octanol–water partition coefficient (Wildman–Crippen LogP) is 2.54. The van der Waals surface area contributed by atoms with Crippen LogP contribution in [0.25, 0.3) is 0 Å². The summed E-state index contributed by atoms with van der Waals surface area (Å²) in [6.45, 7) is 2.07.